The van der Waals surface area contributed by atoms with Crippen LogP contribution in [0.3, 0.4) is 0 Å². The average molecular weight is 461 g/mol. The quantitative estimate of drug-likeness (QED) is 0.403. The molecule has 0 radical (unpaired) electrons. The first-order valence-corrected chi connectivity index (χ1v) is 14.3. The molecule has 0 N–H and O–H groups in total. The molecule has 2 aromatic carbocycles. The number of hydrogen-bond acceptors (Lipinski definition) is 3. The molecule has 4 rings (SSSR count). The van der Waals surface area contributed by atoms with Crippen molar-refractivity contribution in [2.45, 2.75) is 89.9 Å². The smallest absolute Gasteiger partial charge is 0.404 e. The van der Waals surface area contributed by atoms with Gasteiger partial charge in [0, 0.05) is 11.2 Å². The minimum Gasteiger partial charge on any atom is -0.404 e. The van der Waals surface area contributed by atoms with Crippen LogP contribution in [-0.4, -0.2) is 0 Å². The van der Waals surface area contributed by atoms with Crippen molar-refractivity contribution in [2.75, 3.05) is 0 Å². The molecule has 2 aromatic rings. The third-order valence-electron chi connectivity index (χ3n) is 6.84. The van der Waals surface area contributed by atoms with Crippen LogP contribution in [0.4, 0.5) is 0 Å². The van der Waals surface area contributed by atoms with Crippen LogP contribution in [0.25, 0.3) is 0 Å². The highest BCUT2D eigenvalue weighted by molar-refractivity contribution is 7.82. The SMILES string of the molecule is Cc1ccc(OP(=O)(Cl)Oc2ccc(C)cc2C2CCCCC2)c(C2CCCCC2)c1. The Morgan fingerprint density at radius 1 is 0.710 bits per heavy atom. The maximum Gasteiger partial charge on any atom is 0.530 e. The third kappa shape index (κ3) is 5.88. The lowest BCUT2D eigenvalue weighted by atomic mass is 9.83. The lowest BCUT2D eigenvalue weighted by molar-refractivity contribution is 0.386. The monoisotopic (exact) mass is 460 g/mol. The van der Waals surface area contributed by atoms with Crippen molar-refractivity contribution in [2.24, 2.45) is 0 Å². The van der Waals surface area contributed by atoms with Gasteiger partial charge in [0.1, 0.15) is 11.5 Å². The molecular formula is C26H34ClO3P. The van der Waals surface area contributed by atoms with E-state index in [-0.39, 0.29) is 0 Å². The Balaban J connectivity index is 1.57. The number of rotatable bonds is 6. The standard InChI is InChI=1S/C26H34ClO3P/c1-19-13-15-25(23(17-19)21-9-5-3-6-10-21)29-31(27,28)30-26-16-14-20(2)18-24(26)22-11-7-4-8-12-22/h13-18,21-22H,3-12H2,1-2H3. The van der Waals surface area contributed by atoms with Gasteiger partial charge in [-0.25, -0.2) is 4.57 Å². The summed E-state index contributed by atoms with van der Waals surface area (Å²) in [5, 5.41) is 0. The van der Waals surface area contributed by atoms with Crippen LogP contribution in [0, 0.1) is 13.8 Å². The minimum atomic E-state index is -3.85. The molecule has 0 aliphatic heterocycles. The van der Waals surface area contributed by atoms with Crippen molar-refractivity contribution in [3.63, 3.8) is 0 Å². The highest BCUT2D eigenvalue weighted by atomic mass is 35.7. The number of halogens is 1. The topological polar surface area (TPSA) is 35.5 Å². The largest absolute Gasteiger partial charge is 0.530 e. The summed E-state index contributed by atoms with van der Waals surface area (Å²) in [6.07, 6.45) is 12.0. The fraction of sp³-hybridized carbons (Fsp3) is 0.538. The van der Waals surface area contributed by atoms with Crippen molar-refractivity contribution in [1.29, 1.82) is 0 Å². The lowest BCUT2D eigenvalue weighted by Crippen LogP contribution is -2.09. The van der Waals surface area contributed by atoms with Crippen molar-refractivity contribution in [3.05, 3.63) is 58.7 Å². The molecule has 0 unspecified atom stereocenters. The van der Waals surface area contributed by atoms with E-state index >= 15 is 0 Å². The number of hydrogen-bond donors (Lipinski definition) is 0. The first kappa shape index (κ1) is 22.7. The van der Waals surface area contributed by atoms with E-state index in [0.717, 1.165) is 36.8 Å². The predicted octanol–water partition coefficient (Wildman–Crippen LogP) is 9.20. The zero-order valence-electron chi connectivity index (χ0n) is 18.7. The summed E-state index contributed by atoms with van der Waals surface area (Å²) < 4.78 is 25.1. The summed E-state index contributed by atoms with van der Waals surface area (Å²) in [6.45, 7) is 0.308. The molecule has 31 heavy (non-hydrogen) atoms. The second kappa shape index (κ2) is 10.0. The zero-order valence-corrected chi connectivity index (χ0v) is 20.4. The van der Waals surface area contributed by atoms with Crippen molar-refractivity contribution in [3.8, 4) is 11.5 Å². The van der Waals surface area contributed by atoms with Gasteiger partial charge in [-0.05, 0) is 74.6 Å². The molecule has 0 bridgehead atoms. The van der Waals surface area contributed by atoms with E-state index in [4.69, 9.17) is 20.3 Å². The maximum absolute atomic E-state index is 13.3. The van der Waals surface area contributed by atoms with E-state index in [1.165, 1.54) is 49.7 Å². The van der Waals surface area contributed by atoms with Crippen LogP contribution >= 0.6 is 18.2 Å². The molecule has 0 spiro atoms. The Labute approximate surface area is 191 Å². The Kier molecular flexibility index (Phi) is 7.34. The van der Waals surface area contributed by atoms with Gasteiger partial charge >= 0.3 is 6.95 Å². The van der Waals surface area contributed by atoms with Crippen molar-refractivity contribution in [1.82, 2.24) is 0 Å². The molecule has 0 amide bonds. The maximum atomic E-state index is 13.3. The predicted molar refractivity (Wildman–Crippen MR) is 129 cm³/mol. The van der Waals surface area contributed by atoms with Crippen LogP contribution < -0.4 is 9.05 Å². The fourth-order valence-electron chi connectivity index (χ4n) is 5.22. The van der Waals surface area contributed by atoms with Crippen LogP contribution in [0.5, 0.6) is 11.5 Å². The van der Waals surface area contributed by atoms with Gasteiger partial charge in [0.2, 0.25) is 0 Å². The molecule has 168 valence electrons. The molecule has 0 aromatic heterocycles. The average Bonchev–Trinajstić information content (AvgIpc) is 2.77. The second-order valence-electron chi connectivity index (χ2n) is 9.37. The third-order valence-corrected chi connectivity index (χ3v) is 8.08. The first-order chi connectivity index (χ1) is 14.9. The molecule has 2 aliphatic carbocycles. The first-order valence-electron chi connectivity index (χ1n) is 11.8. The summed E-state index contributed by atoms with van der Waals surface area (Å²) in [5.41, 5.74) is 4.58. The summed E-state index contributed by atoms with van der Waals surface area (Å²) in [5.74, 6) is 2.05. The van der Waals surface area contributed by atoms with Gasteiger partial charge in [-0.1, -0.05) is 73.9 Å². The summed E-state index contributed by atoms with van der Waals surface area (Å²) in [7, 11) is 0. The van der Waals surface area contributed by atoms with E-state index < -0.39 is 6.95 Å². The van der Waals surface area contributed by atoms with Crippen LogP contribution in [0.1, 0.15) is 98.3 Å². The van der Waals surface area contributed by atoms with E-state index in [0.29, 0.717) is 23.3 Å². The summed E-state index contributed by atoms with van der Waals surface area (Å²) >= 11 is 6.42. The normalized spacial score (nSPS) is 18.7. The molecule has 2 saturated carbocycles. The highest BCUT2D eigenvalue weighted by Crippen LogP contribution is 2.56. The Morgan fingerprint density at radius 3 is 1.48 bits per heavy atom. The van der Waals surface area contributed by atoms with Gasteiger partial charge in [-0.15, -0.1) is 0 Å². The Morgan fingerprint density at radius 2 is 1.10 bits per heavy atom. The highest BCUT2D eigenvalue weighted by Gasteiger charge is 2.30. The molecule has 0 atom stereocenters. The van der Waals surface area contributed by atoms with E-state index in [2.05, 4.69) is 26.0 Å². The molecule has 2 fully saturated rings. The minimum absolute atomic E-state index is 0.428. The Bertz CT molecular complexity index is 872. The molecule has 5 heteroatoms. The van der Waals surface area contributed by atoms with Gasteiger partial charge in [-0.2, -0.15) is 0 Å². The molecule has 0 saturated heterocycles. The van der Waals surface area contributed by atoms with Crippen molar-refractivity contribution >= 4 is 18.2 Å². The molecule has 0 heterocycles. The summed E-state index contributed by atoms with van der Waals surface area (Å²) in [6, 6.07) is 12.1. The van der Waals surface area contributed by atoms with Crippen LogP contribution in [0.2, 0.25) is 0 Å². The van der Waals surface area contributed by atoms with E-state index in [1.807, 2.05) is 24.3 Å². The lowest BCUT2D eigenvalue weighted by Gasteiger charge is -2.27. The Hall–Kier alpha value is -1.44. The summed E-state index contributed by atoms with van der Waals surface area (Å²) in [4.78, 5) is 0. The fourth-order valence-corrected chi connectivity index (χ4v) is 6.51. The van der Waals surface area contributed by atoms with E-state index in [9.17, 15) is 4.57 Å². The molecule has 3 nitrogen and oxygen atoms in total. The van der Waals surface area contributed by atoms with Crippen LogP contribution in [-0.2, 0) is 4.57 Å². The molecule has 2 aliphatic rings. The van der Waals surface area contributed by atoms with E-state index in [1.54, 1.807) is 0 Å². The number of benzene rings is 2. The van der Waals surface area contributed by atoms with Crippen LogP contribution in [0.15, 0.2) is 36.4 Å². The van der Waals surface area contributed by atoms with Gasteiger partial charge < -0.3 is 9.05 Å². The zero-order chi connectivity index (χ0) is 21.8. The van der Waals surface area contributed by atoms with Crippen molar-refractivity contribution < 1.29 is 13.6 Å². The van der Waals surface area contributed by atoms with Gasteiger partial charge in [0.15, 0.2) is 0 Å². The van der Waals surface area contributed by atoms with Gasteiger partial charge in [0.25, 0.3) is 0 Å². The number of aryl methyl sites for hydroxylation is 2. The molecular weight excluding hydrogens is 427 g/mol. The van der Waals surface area contributed by atoms with Gasteiger partial charge in [-0.3, -0.25) is 0 Å². The van der Waals surface area contributed by atoms with Gasteiger partial charge in [0.05, 0.1) is 0 Å². The second-order valence-corrected chi connectivity index (χ2v) is 11.8.